The Balaban J connectivity index is 1.34. The number of carbonyl (C=O) groups excluding carboxylic acids is 1. The van der Waals surface area contributed by atoms with E-state index in [9.17, 15) is 4.79 Å². The summed E-state index contributed by atoms with van der Waals surface area (Å²) in [4.78, 5) is 23.1. The van der Waals surface area contributed by atoms with E-state index in [4.69, 9.17) is 4.84 Å². The number of benzene rings is 1. The van der Waals surface area contributed by atoms with E-state index in [2.05, 4.69) is 20.4 Å². The van der Waals surface area contributed by atoms with E-state index in [-0.39, 0.29) is 5.91 Å². The van der Waals surface area contributed by atoms with Crippen LogP contribution in [0.1, 0.15) is 42.5 Å². The number of fused-ring (bicyclic) bond motifs is 1. The molecule has 2 aromatic rings. The SMILES string of the molecule is CON(C)C(=O)c1cn(CCCN2CCC(N3CCCC3)CC2)c2ccccc12. The van der Waals surface area contributed by atoms with E-state index in [1.807, 2.05) is 24.4 Å². The van der Waals surface area contributed by atoms with Crippen molar-refractivity contribution in [3.8, 4) is 0 Å². The molecule has 0 saturated carbocycles. The van der Waals surface area contributed by atoms with Crippen molar-refractivity contribution in [1.29, 1.82) is 0 Å². The molecule has 2 aliphatic rings. The lowest BCUT2D eigenvalue weighted by Gasteiger charge is -2.36. The normalized spacial score (nSPS) is 19.2. The number of piperidine rings is 1. The second kappa shape index (κ2) is 9.28. The van der Waals surface area contributed by atoms with Crippen LogP contribution in [0, 0.1) is 0 Å². The number of aromatic nitrogens is 1. The van der Waals surface area contributed by atoms with Gasteiger partial charge in [-0.2, -0.15) is 0 Å². The van der Waals surface area contributed by atoms with Crippen LogP contribution < -0.4 is 0 Å². The van der Waals surface area contributed by atoms with E-state index < -0.39 is 0 Å². The highest BCUT2D eigenvalue weighted by Gasteiger charge is 2.26. The van der Waals surface area contributed by atoms with Crippen molar-refractivity contribution in [2.24, 2.45) is 0 Å². The number of hydrogen-bond donors (Lipinski definition) is 0. The van der Waals surface area contributed by atoms with Crippen molar-refractivity contribution in [3.63, 3.8) is 0 Å². The standard InChI is InChI=1S/C23H34N4O2/c1-24(29-2)23(28)21-18-27(22-9-4-3-8-20(21)22)15-7-12-25-16-10-19(11-17-25)26-13-5-6-14-26/h3-4,8-9,18-19H,5-7,10-17H2,1-2H3. The molecule has 0 spiro atoms. The summed E-state index contributed by atoms with van der Waals surface area (Å²) in [6, 6.07) is 8.96. The van der Waals surface area contributed by atoms with Gasteiger partial charge in [-0.3, -0.25) is 9.63 Å². The zero-order valence-electron chi connectivity index (χ0n) is 17.8. The molecule has 158 valence electrons. The quantitative estimate of drug-likeness (QED) is 0.672. The van der Waals surface area contributed by atoms with Crippen molar-refractivity contribution in [2.45, 2.75) is 44.7 Å². The monoisotopic (exact) mass is 398 g/mol. The van der Waals surface area contributed by atoms with Crippen LogP contribution in [0.4, 0.5) is 0 Å². The number of carbonyl (C=O) groups is 1. The highest BCUT2D eigenvalue weighted by Crippen LogP contribution is 2.24. The van der Waals surface area contributed by atoms with Crippen LogP contribution in [0.15, 0.2) is 30.5 Å². The molecular weight excluding hydrogens is 364 g/mol. The van der Waals surface area contributed by atoms with Gasteiger partial charge in [0.15, 0.2) is 0 Å². The van der Waals surface area contributed by atoms with E-state index in [0.717, 1.165) is 36.5 Å². The lowest BCUT2D eigenvalue weighted by molar-refractivity contribution is -0.0755. The van der Waals surface area contributed by atoms with Crippen LogP contribution in [0.5, 0.6) is 0 Å². The molecule has 1 amide bonds. The van der Waals surface area contributed by atoms with Gasteiger partial charge in [-0.1, -0.05) is 18.2 Å². The van der Waals surface area contributed by atoms with Gasteiger partial charge in [0, 0.05) is 36.7 Å². The second-order valence-electron chi connectivity index (χ2n) is 8.41. The first-order valence-electron chi connectivity index (χ1n) is 11.0. The molecule has 0 unspecified atom stereocenters. The summed E-state index contributed by atoms with van der Waals surface area (Å²) in [7, 11) is 3.17. The van der Waals surface area contributed by atoms with Gasteiger partial charge in [0.2, 0.25) is 0 Å². The van der Waals surface area contributed by atoms with Gasteiger partial charge in [0.05, 0.1) is 12.7 Å². The van der Waals surface area contributed by atoms with Gasteiger partial charge in [0.25, 0.3) is 5.91 Å². The van der Waals surface area contributed by atoms with Crippen LogP contribution in [0.25, 0.3) is 10.9 Å². The number of amides is 1. The number of aryl methyl sites for hydroxylation is 1. The molecule has 6 nitrogen and oxygen atoms in total. The number of nitrogens with zero attached hydrogens (tertiary/aromatic N) is 4. The summed E-state index contributed by atoms with van der Waals surface area (Å²) in [5.74, 6) is -0.105. The van der Waals surface area contributed by atoms with Crippen molar-refractivity contribution in [2.75, 3.05) is 46.9 Å². The van der Waals surface area contributed by atoms with Crippen LogP contribution >= 0.6 is 0 Å². The van der Waals surface area contributed by atoms with Crippen molar-refractivity contribution < 1.29 is 9.63 Å². The molecule has 29 heavy (non-hydrogen) atoms. The summed E-state index contributed by atoms with van der Waals surface area (Å²) in [6.45, 7) is 7.11. The van der Waals surface area contributed by atoms with E-state index in [1.54, 1.807) is 7.05 Å². The average Bonchev–Trinajstić information content (AvgIpc) is 3.42. The average molecular weight is 399 g/mol. The summed E-state index contributed by atoms with van der Waals surface area (Å²) in [5, 5.41) is 2.28. The first-order chi connectivity index (χ1) is 14.2. The maximum absolute atomic E-state index is 12.6. The van der Waals surface area contributed by atoms with Crippen molar-refractivity contribution in [3.05, 3.63) is 36.0 Å². The van der Waals surface area contributed by atoms with Gasteiger partial charge in [0.1, 0.15) is 0 Å². The topological polar surface area (TPSA) is 41.0 Å². The Bertz CT molecular complexity index is 819. The first-order valence-corrected chi connectivity index (χ1v) is 11.0. The molecule has 6 heteroatoms. The largest absolute Gasteiger partial charge is 0.347 e. The zero-order valence-corrected chi connectivity index (χ0v) is 17.8. The molecule has 0 bridgehead atoms. The first kappa shape index (κ1) is 20.4. The number of hydroxylamine groups is 2. The van der Waals surface area contributed by atoms with Crippen molar-refractivity contribution >= 4 is 16.8 Å². The number of likely N-dealkylation sites (tertiary alicyclic amines) is 2. The molecule has 2 saturated heterocycles. The fraction of sp³-hybridized carbons (Fsp3) is 0.609. The second-order valence-corrected chi connectivity index (χ2v) is 8.41. The summed E-state index contributed by atoms with van der Waals surface area (Å²) in [6.07, 6.45) is 8.48. The fourth-order valence-corrected chi connectivity index (χ4v) is 4.93. The molecule has 0 N–H and O–H groups in total. The third kappa shape index (κ3) is 4.49. The minimum absolute atomic E-state index is 0.105. The Morgan fingerprint density at radius 3 is 2.55 bits per heavy atom. The maximum atomic E-state index is 12.6. The molecule has 0 radical (unpaired) electrons. The number of hydrogen-bond acceptors (Lipinski definition) is 4. The van der Waals surface area contributed by atoms with E-state index >= 15 is 0 Å². The van der Waals surface area contributed by atoms with Crippen LogP contribution in [0.2, 0.25) is 0 Å². The third-order valence-electron chi connectivity index (χ3n) is 6.67. The van der Waals surface area contributed by atoms with Gasteiger partial charge in [-0.15, -0.1) is 0 Å². The molecule has 2 fully saturated rings. The Labute approximate surface area is 174 Å². The highest BCUT2D eigenvalue weighted by molar-refractivity contribution is 6.06. The Morgan fingerprint density at radius 1 is 1.10 bits per heavy atom. The maximum Gasteiger partial charge on any atom is 0.279 e. The Hall–Kier alpha value is -1.89. The molecule has 4 rings (SSSR count). The van der Waals surface area contributed by atoms with Crippen LogP contribution in [-0.2, 0) is 11.4 Å². The molecule has 2 aliphatic heterocycles. The zero-order chi connectivity index (χ0) is 20.2. The van der Waals surface area contributed by atoms with Crippen LogP contribution in [-0.4, -0.2) is 78.3 Å². The lowest BCUT2D eigenvalue weighted by atomic mass is 10.0. The number of rotatable bonds is 7. The summed E-state index contributed by atoms with van der Waals surface area (Å²) < 4.78 is 2.23. The molecule has 0 atom stereocenters. The predicted octanol–water partition coefficient (Wildman–Crippen LogP) is 3.23. The van der Waals surface area contributed by atoms with Crippen LogP contribution in [0.3, 0.4) is 0 Å². The predicted molar refractivity (Wildman–Crippen MR) is 116 cm³/mol. The molecular formula is C23H34N4O2. The highest BCUT2D eigenvalue weighted by atomic mass is 16.7. The minimum Gasteiger partial charge on any atom is -0.347 e. The van der Waals surface area contributed by atoms with Gasteiger partial charge in [-0.25, -0.2) is 5.06 Å². The molecule has 1 aromatic carbocycles. The van der Waals surface area contributed by atoms with Gasteiger partial charge < -0.3 is 14.4 Å². The minimum atomic E-state index is -0.105. The summed E-state index contributed by atoms with van der Waals surface area (Å²) >= 11 is 0. The third-order valence-corrected chi connectivity index (χ3v) is 6.67. The van der Waals surface area contributed by atoms with E-state index in [1.165, 1.54) is 64.0 Å². The number of para-hydroxylation sites is 1. The molecule has 0 aliphatic carbocycles. The fourth-order valence-electron chi connectivity index (χ4n) is 4.93. The van der Waals surface area contributed by atoms with Gasteiger partial charge >= 0.3 is 0 Å². The Morgan fingerprint density at radius 2 is 1.83 bits per heavy atom. The lowest BCUT2D eigenvalue weighted by Crippen LogP contribution is -2.44. The van der Waals surface area contributed by atoms with E-state index in [0.29, 0.717) is 5.56 Å². The molecule has 1 aromatic heterocycles. The smallest absolute Gasteiger partial charge is 0.279 e. The van der Waals surface area contributed by atoms with Gasteiger partial charge in [-0.05, 0) is 70.9 Å². The summed E-state index contributed by atoms with van der Waals surface area (Å²) in [5.41, 5.74) is 1.82. The Kier molecular flexibility index (Phi) is 6.53. The molecule has 3 heterocycles. The van der Waals surface area contributed by atoms with Crippen molar-refractivity contribution in [1.82, 2.24) is 19.4 Å².